The fourth-order valence-corrected chi connectivity index (χ4v) is 10.4. The Morgan fingerprint density at radius 2 is 1.13 bits per heavy atom. The highest BCUT2D eigenvalue weighted by Gasteiger charge is 2.38. The smallest absolute Gasteiger partial charge is 0.0733 e. The SMILES string of the molecule is CCC.CCCc1cc(-c2ccc3c(c2)C(C)(C)c2cc(N(c4cccc(C)c4-c4ccccc4C)c4cccc5c6ccccc6n(C)c45)c4ccccc4c2-3)ccc1CC. The molecule has 2 nitrogen and oxygen atoms in total. The van der Waals surface area contributed by atoms with Crippen LogP contribution in [0.15, 0.2) is 152 Å². The van der Waals surface area contributed by atoms with Gasteiger partial charge in [-0.25, -0.2) is 0 Å². The fourth-order valence-electron chi connectivity index (χ4n) is 10.4. The molecule has 0 N–H and O–H groups in total. The number of fused-ring (bicyclic) bond motifs is 8. The van der Waals surface area contributed by atoms with E-state index >= 15 is 0 Å². The molecule has 0 unspecified atom stereocenters. The molecule has 62 heavy (non-hydrogen) atoms. The fraction of sp³-hybridized carbons (Fsp3) is 0.233. The summed E-state index contributed by atoms with van der Waals surface area (Å²) in [6.07, 6.45) is 4.58. The van der Waals surface area contributed by atoms with Gasteiger partial charge in [-0.3, -0.25) is 0 Å². The van der Waals surface area contributed by atoms with E-state index < -0.39 is 0 Å². The molecule has 1 aliphatic carbocycles. The Morgan fingerprint density at radius 3 is 1.89 bits per heavy atom. The molecule has 310 valence electrons. The largest absolute Gasteiger partial charge is 0.342 e. The van der Waals surface area contributed by atoms with Crippen molar-refractivity contribution in [2.24, 2.45) is 7.05 Å². The number of aryl methyl sites for hydroxylation is 5. The minimum atomic E-state index is -0.238. The Labute approximate surface area is 369 Å². The van der Waals surface area contributed by atoms with Crippen LogP contribution in [-0.4, -0.2) is 4.57 Å². The molecular formula is C60H60N2. The van der Waals surface area contributed by atoms with Gasteiger partial charge in [0.1, 0.15) is 0 Å². The van der Waals surface area contributed by atoms with Crippen molar-refractivity contribution >= 4 is 49.6 Å². The average molecular weight is 809 g/mol. The first-order chi connectivity index (χ1) is 30.1. The van der Waals surface area contributed by atoms with E-state index in [1.807, 2.05) is 0 Å². The van der Waals surface area contributed by atoms with Crippen LogP contribution in [-0.2, 0) is 25.3 Å². The van der Waals surface area contributed by atoms with Crippen molar-refractivity contribution in [2.75, 3.05) is 4.90 Å². The zero-order chi connectivity index (χ0) is 43.3. The molecule has 1 heterocycles. The van der Waals surface area contributed by atoms with E-state index in [2.05, 4.69) is 224 Å². The van der Waals surface area contributed by atoms with Crippen molar-refractivity contribution in [3.63, 3.8) is 0 Å². The van der Waals surface area contributed by atoms with E-state index in [0.29, 0.717) is 0 Å². The van der Waals surface area contributed by atoms with Crippen molar-refractivity contribution in [2.45, 2.75) is 86.5 Å². The molecule has 10 rings (SSSR count). The number of benzene rings is 8. The number of anilines is 3. The summed E-state index contributed by atoms with van der Waals surface area (Å²) >= 11 is 0. The van der Waals surface area contributed by atoms with Crippen LogP contribution in [0.25, 0.3) is 66.0 Å². The molecule has 0 radical (unpaired) electrons. The van der Waals surface area contributed by atoms with E-state index in [0.717, 1.165) is 19.3 Å². The molecule has 0 spiro atoms. The van der Waals surface area contributed by atoms with Crippen LogP contribution in [0.4, 0.5) is 17.1 Å². The number of rotatable bonds is 8. The lowest BCUT2D eigenvalue weighted by molar-refractivity contribution is 0.661. The number of para-hydroxylation sites is 2. The molecule has 0 saturated heterocycles. The lowest BCUT2D eigenvalue weighted by Gasteiger charge is -2.32. The van der Waals surface area contributed by atoms with Crippen molar-refractivity contribution in [1.82, 2.24) is 4.57 Å². The average Bonchev–Trinajstić information content (AvgIpc) is 3.71. The summed E-state index contributed by atoms with van der Waals surface area (Å²) in [4.78, 5) is 2.59. The minimum Gasteiger partial charge on any atom is -0.342 e. The monoisotopic (exact) mass is 808 g/mol. The summed E-state index contributed by atoms with van der Waals surface area (Å²) < 4.78 is 2.39. The van der Waals surface area contributed by atoms with E-state index in [-0.39, 0.29) is 5.41 Å². The summed E-state index contributed by atoms with van der Waals surface area (Å²) in [7, 11) is 2.23. The summed E-state index contributed by atoms with van der Waals surface area (Å²) in [6, 6.07) is 57.4. The van der Waals surface area contributed by atoms with Gasteiger partial charge < -0.3 is 9.47 Å². The molecule has 8 aromatic carbocycles. The summed E-state index contributed by atoms with van der Waals surface area (Å²) in [5.41, 5.74) is 21.8. The van der Waals surface area contributed by atoms with Gasteiger partial charge in [-0.15, -0.1) is 0 Å². The predicted molar refractivity (Wildman–Crippen MR) is 270 cm³/mol. The van der Waals surface area contributed by atoms with Crippen LogP contribution in [0.2, 0.25) is 0 Å². The van der Waals surface area contributed by atoms with Gasteiger partial charge in [0, 0.05) is 39.7 Å². The van der Waals surface area contributed by atoms with Crippen molar-refractivity contribution in [3.8, 4) is 33.4 Å². The van der Waals surface area contributed by atoms with Crippen LogP contribution in [0, 0.1) is 13.8 Å². The third-order valence-corrected chi connectivity index (χ3v) is 13.4. The molecule has 2 heteroatoms. The summed E-state index contributed by atoms with van der Waals surface area (Å²) in [6.45, 7) is 18.2. The Balaban J connectivity index is 0.00000159. The standard InChI is InChI=1S/C57H52N2.C3H8/c1-8-18-39-33-40(30-29-38(39)9-2)41-31-32-47-48(34-41)57(5,6)49-35-53(43-22-12-13-24-45(43)55(47)49)59(51-27-16-20-37(4)54(51)42-21-11-10-19-36(42)3)52-28-17-25-46-44-23-14-15-26-50(44)58(7)56(46)52;1-3-2/h10-17,19-35H,8-9,18H2,1-7H3;3H2,1-2H3. The Hall–Kier alpha value is -6.38. The molecule has 1 aromatic heterocycles. The maximum Gasteiger partial charge on any atom is 0.0733 e. The second kappa shape index (κ2) is 16.5. The molecule has 0 saturated carbocycles. The highest BCUT2D eigenvalue weighted by molar-refractivity contribution is 6.16. The molecule has 0 bridgehead atoms. The second-order valence-electron chi connectivity index (χ2n) is 17.9. The van der Waals surface area contributed by atoms with Gasteiger partial charge in [-0.2, -0.15) is 0 Å². The van der Waals surface area contributed by atoms with Crippen LogP contribution in [0.3, 0.4) is 0 Å². The molecule has 0 fully saturated rings. The topological polar surface area (TPSA) is 8.17 Å². The van der Waals surface area contributed by atoms with Gasteiger partial charge >= 0.3 is 0 Å². The molecule has 0 atom stereocenters. The van der Waals surface area contributed by atoms with Crippen LogP contribution in [0.5, 0.6) is 0 Å². The zero-order valence-corrected chi connectivity index (χ0v) is 38.2. The Kier molecular flexibility index (Phi) is 10.9. The lowest BCUT2D eigenvalue weighted by atomic mass is 9.80. The molecule has 9 aromatic rings. The number of aromatic nitrogens is 1. The zero-order valence-electron chi connectivity index (χ0n) is 38.2. The van der Waals surface area contributed by atoms with E-state index in [4.69, 9.17) is 0 Å². The van der Waals surface area contributed by atoms with Gasteiger partial charge in [0.25, 0.3) is 0 Å². The van der Waals surface area contributed by atoms with Crippen LogP contribution in [0.1, 0.15) is 87.8 Å². The minimum absolute atomic E-state index is 0.238. The third kappa shape index (κ3) is 6.63. The predicted octanol–water partition coefficient (Wildman–Crippen LogP) is 17.1. The van der Waals surface area contributed by atoms with Gasteiger partial charge in [-0.1, -0.05) is 176 Å². The maximum absolute atomic E-state index is 2.59. The van der Waals surface area contributed by atoms with Gasteiger partial charge in [-0.05, 0) is 124 Å². The van der Waals surface area contributed by atoms with Gasteiger partial charge in [0.15, 0.2) is 0 Å². The Bertz CT molecular complexity index is 3140. The van der Waals surface area contributed by atoms with E-state index in [1.165, 1.54) is 123 Å². The van der Waals surface area contributed by atoms with Crippen LogP contribution < -0.4 is 4.90 Å². The highest BCUT2D eigenvalue weighted by atomic mass is 15.2. The number of nitrogens with zero attached hydrogens (tertiary/aromatic N) is 2. The normalized spacial score (nSPS) is 12.7. The molecule has 1 aliphatic rings. The lowest BCUT2D eigenvalue weighted by Crippen LogP contribution is -2.18. The maximum atomic E-state index is 2.59. The highest BCUT2D eigenvalue weighted by Crippen LogP contribution is 2.56. The quantitative estimate of drug-likeness (QED) is 0.148. The third-order valence-electron chi connectivity index (χ3n) is 13.4. The molecule has 0 aliphatic heterocycles. The molecule has 0 amide bonds. The first-order valence-corrected chi connectivity index (χ1v) is 22.9. The van der Waals surface area contributed by atoms with Crippen molar-refractivity contribution in [1.29, 1.82) is 0 Å². The number of hydrogen-bond donors (Lipinski definition) is 0. The van der Waals surface area contributed by atoms with E-state index in [1.54, 1.807) is 0 Å². The van der Waals surface area contributed by atoms with E-state index in [9.17, 15) is 0 Å². The summed E-state index contributed by atoms with van der Waals surface area (Å²) in [5, 5.41) is 5.06. The van der Waals surface area contributed by atoms with Crippen LogP contribution >= 0.6 is 0 Å². The first-order valence-electron chi connectivity index (χ1n) is 22.9. The van der Waals surface area contributed by atoms with Gasteiger partial charge in [0.05, 0.1) is 22.6 Å². The number of hydrogen-bond acceptors (Lipinski definition) is 1. The first kappa shape index (κ1) is 41.0. The second-order valence-corrected chi connectivity index (χ2v) is 17.9. The summed E-state index contributed by atoms with van der Waals surface area (Å²) in [5.74, 6) is 0. The van der Waals surface area contributed by atoms with Crippen molar-refractivity contribution in [3.05, 3.63) is 185 Å². The van der Waals surface area contributed by atoms with Gasteiger partial charge in [0.2, 0.25) is 0 Å². The Morgan fingerprint density at radius 1 is 0.500 bits per heavy atom. The van der Waals surface area contributed by atoms with Crippen molar-refractivity contribution < 1.29 is 0 Å². The molecular weight excluding hydrogens is 749 g/mol.